The number of anilines is 1. The zero-order valence-corrected chi connectivity index (χ0v) is 20.5. The second-order valence-electron chi connectivity index (χ2n) is 11.0. The first-order chi connectivity index (χ1) is 17.8. The van der Waals surface area contributed by atoms with Crippen molar-refractivity contribution in [2.75, 3.05) is 4.90 Å². The van der Waals surface area contributed by atoms with Crippen LogP contribution >= 0.6 is 0 Å². The lowest BCUT2D eigenvalue weighted by Crippen LogP contribution is -2.46. The van der Waals surface area contributed by atoms with Crippen molar-refractivity contribution in [3.05, 3.63) is 35.1 Å². The first-order valence-corrected chi connectivity index (χ1v) is 13.3. The van der Waals surface area contributed by atoms with E-state index in [-0.39, 0.29) is 42.8 Å². The molecule has 6 rings (SSSR count). The monoisotopic (exact) mass is 520 g/mol. The Bertz CT molecular complexity index is 1120. The third-order valence-corrected chi connectivity index (χ3v) is 8.61. The standard InChI is InChI=1S/C26H31F3N4O4/c27-26(28,29)20-4-2-1-3-18(20)23-19(24(37-32-23)14-5-6-14)13-36-17-9-15-7-8-16(10-17)33(15)22-12-30-21(11-31-22)25(34)35/h11-12,14-18,20H,1-10,13H2,(H,34,35)/t15-,16+,17-,18-,20-/m0/s1. The van der Waals surface area contributed by atoms with Crippen LogP contribution in [0.5, 0.6) is 0 Å². The van der Waals surface area contributed by atoms with Gasteiger partial charge < -0.3 is 19.3 Å². The molecule has 2 aromatic rings. The first kappa shape index (κ1) is 24.6. The molecular weight excluding hydrogens is 489 g/mol. The maximum atomic E-state index is 13.9. The molecule has 1 N–H and O–H groups in total. The summed E-state index contributed by atoms with van der Waals surface area (Å²) in [5, 5.41) is 13.3. The normalized spacial score (nSPS) is 30.0. The lowest BCUT2D eigenvalue weighted by Gasteiger charge is -2.39. The number of hydrogen-bond acceptors (Lipinski definition) is 7. The number of carbonyl (C=O) groups is 1. The van der Waals surface area contributed by atoms with Crippen LogP contribution in [-0.4, -0.2) is 50.6 Å². The van der Waals surface area contributed by atoms with Crippen LogP contribution in [0.3, 0.4) is 0 Å². The van der Waals surface area contributed by atoms with Gasteiger partial charge in [0.15, 0.2) is 5.69 Å². The van der Waals surface area contributed by atoms with Crippen LogP contribution < -0.4 is 4.90 Å². The van der Waals surface area contributed by atoms with Crippen LogP contribution in [-0.2, 0) is 11.3 Å². The molecule has 0 aromatic carbocycles. The van der Waals surface area contributed by atoms with Crippen LogP contribution in [0.15, 0.2) is 16.9 Å². The van der Waals surface area contributed by atoms with Crippen molar-refractivity contribution in [1.82, 2.24) is 15.1 Å². The van der Waals surface area contributed by atoms with Crippen molar-refractivity contribution in [3.63, 3.8) is 0 Å². The summed E-state index contributed by atoms with van der Waals surface area (Å²) < 4.78 is 53.6. The van der Waals surface area contributed by atoms with Gasteiger partial charge in [-0.2, -0.15) is 13.2 Å². The minimum atomic E-state index is -4.25. The Kier molecular flexibility index (Phi) is 6.37. The second kappa shape index (κ2) is 9.56. The fourth-order valence-electron chi connectivity index (χ4n) is 6.69. The molecule has 4 heterocycles. The zero-order chi connectivity index (χ0) is 25.7. The Morgan fingerprint density at radius 1 is 1.05 bits per heavy atom. The topological polar surface area (TPSA) is 102 Å². The number of rotatable bonds is 7. The largest absolute Gasteiger partial charge is 0.476 e. The van der Waals surface area contributed by atoms with Gasteiger partial charge in [-0.3, -0.25) is 0 Å². The Hall–Kier alpha value is -2.69. The first-order valence-electron chi connectivity index (χ1n) is 13.3. The van der Waals surface area contributed by atoms with Crippen molar-refractivity contribution in [1.29, 1.82) is 0 Å². The van der Waals surface area contributed by atoms with Crippen molar-refractivity contribution in [2.45, 2.75) is 107 Å². The van der Waals surface area contributed by atoms with E-state index in [1.54, 1.807) is 0 Å². The third-order valence-electron chi connectivity index (χ3n) is 8.61. The van der Waals surface area contributed by atoms with Gasteiger partial charge in [-0.05, 0) is 51.4 Å². The van der Waals surface area contributed by atoms with Gasteiger partial charge in [0.25, 0.3) is 0 Å². The smallest absolute Gasteiger partial charge is 0.392 e. The molecule has 11 heteroatoms. The van der Waals surface area contributed by atoms with E-state index < -0.39 is 24.0 Å². The maximum Gasteiger partial charge on any atom is 0.392 e. The van der Waals surface area contributed by atoms with Gasteiger partial charge in [-0.15, -0.1) is 0 Å². The number of carboxylic acid groups (broad SMARTS) is 1. The molecule has 4 fully saturated rings. The molecule has 5 atom stereocenters. The maximum absolute atomic E-state index is 13.9. The molecule has 2 saturated heterocycles. The number of aromatic carboxylic acids is 1. The summed E-state index contributed by atoms with van der Waals surface area (Å²) in [7, 11) is 0. The number of carboxylic acids is 1. The highest BCUT2D eigenvalue weighted by Gasteiger charge is 2.49. The zero-order valence-electron chi connectivity index (χ0n) is 20.5. The number of ether oxygens (including phenoxy) is 1. The van der Waals surface area contributed by atoms with Gasteiger partial charge >= 0.3 is 12.1 Å². The molecule has 200 valence electrons. The molecule has 37 heavy (non-hydrogen) atoms. The average molecular weight is 521 g/mol. The van der Waals surface area contributed by atoms with Gasteiger partial charge in [0, 0.05) is 29.5 Å². The highest BCUT2D eigenvalue weighted by molar-refractivity contribution is 5.84. The Labute approximate surface area is 212 Å². The van der Waals surface area contributed by atoms with E-state index in [1.165, 1.54) is 12.4 Å². The fourth-order valence-corrected chi connectivity index (χ4v) is 6.69. The fraction of sp³-hybridized carbons (Fsp3) is 0.692. The molecule has 2 saturated carbocycles. The number of hydrogen-bond donors (Lipinski definition) is 1. The number of piperidine rings is 1. The summed E-state index contributed by atoms with van der Waals surface area (Å²) in [6, 6.07) is 0.401. The molecule has 0 radical (unpaired) electrons. The molecule has 2 bridgehead atoms. The molecule has 2 aromatic heterocycles. The number of nitrogens with zero attached hydrogens (tertiary/aromatic N) is 4. The summed E-state index contributed by atoms with van der Waals surface area (Å²) in [5.41, 5.74) is 1.11. The van der Waals surface area contributed by atoms with Crippen LogP contribution in [0.25, 0.3) is 0 Å². The van der Waals surface area contributed by atoms with E-state index in [2.05, 4.69) is 20.0 Å². The molecule has 0 amide bonds. The Balaban J connectivity index is 1.17. The van der Waals surface area contributed by atoms with Gasteiger partial charge in [0.1, 0.15) is 11.6 Å². The average Bonchev–Trinajstić information content (AvgIpc) is 3.58. The quantitative estimate of drug-likeness (QED) is 0.504. The number of alkyl halides is 3. The van der Waals surface area contributed by atoms with Crippen molar-refractivity contribution >= 4 is 11.8 Å². The predicted octanol–water partition coefficient (Wildman–Crippen LogP) is 5.59. The van der Waals surface area contributed by atoms with Crippen molar-refractivity contribution in [3.8, 4) is 0 Å². The molecule has 2 aliphatic carbocycles. The molecule has 4 aliphatic rings. The SMILES string of the molecule is O=C(O)c1cnc(N2[C@@H]3CC[C@H]2C[C@H](OCc2c([C@H]4CCCC[C@@H]4C(F)(F)F)noc2C2CC2)C3)cn1. The number of aromatic nitrogens is 3. The lowest BCUT2D eigenvalue weighted by atomic mass is 9.76. The van der Waals surface area contributed by atoms with E-state index in [4.69, 9.17) is 14.4 Å². The lowest BCUT2D eigenvalue weighted by molar-refractivity contribution is -0.187. The summed E-state index contributed by atoms with van der Waals surface area (Å²) in [6.07, 6.45) is 5.93. The highest BCUT2D eigenvalue weighted by Crippen LogP contribution is 2.50. The minimum Gasteiger partial charge on any atom is -0.476 e. The predicted molar refractivity (Wildman–Crippen MR) is 125 cm³/mol. The second-order valence-corrected chi connectivity index (χ2v) is 11.0. The Morgan fingerprint density at radius 3 is 2.41 bits per heavy atom. The van der Waals surface area contributed by atoms with E-state index in [1.807, 2.05) is 0 Å². The van der Waals surface area contributed by atoms with Crippen LogP contribution in [0.4, 0.5) is 19.0 Å². The molecule has 0 unspecified atom stereocenters. The molecule has 8 nitrogen and oxygen atoms in total. The summed E-state index contributed by atoms with van der Waals surface area (Å²) in [5.74, 6) is -1.54. The van der Waals surface area contributed by atoms with Gasteiger partial charge in [0.2, 0.25) is 0 Å². The Morgan fingerprint density at radius 2 is 1.78 bits per heavy atom. The van der Waals surface area contributed by atoms with Crippen LogP contribution in [0, 0.1) is 5.92 Å². The van der Waals surface area contributed by atoms with Gasteiger partial charge in [-0.25, -0.2) is 14.8 Å². The van der Waals surface area contributed by atoms with Gasteiger partial charge in [-0.1, -0.05) is 18.0 Å². The third kappa shape index (κ3) is 4.82. The molecule has 0 spiro atoms. The highest BCUT2D eigenvalue weighted by atomic mass is 19.4. The van der Waals surface area contributed by atoms with E-state index in [0.717, 1.165) is 56.3 Å². The van der Waals surface area contributed by atoms with E-state index >= 15 is 0 Å². The van der Waals surface area contributed by atoms with E-state index in [9.17, 15) is 18.0 Å². The summed E-state index contributed by atoms with van der Waals surface area (Å²) in [4.78, 5) is 21.7. The van der Waals surface area contributed by atoms with Gasteiger partial charge in [0.05, 0.1) is 36.7 Å². The summed E-state index contributed by atoms with van der Waals surface area (Å²) in [6.45, 7) is 0.225. The van der Waals surface area contributed by atoms with Crippen LogP contribution in [0.2, 0.25) is 0 Å². The van der Waals surface area contributed by atoms with Crippen molar-refractivity contribution in [2.24, 2.45) is 5.92 Å². The molecular formula is C26H31F3N4O4. The van der Waals surface area contributed by atoms with Crippen LogP contribution in [0.1, 0.15) is 104 Å². The van der Waals surface area contributed by atoms with Crippen molar-refractivity contribution < 1.29 is 32.3 Å². The molecule has 2 aliphatic heterocycles. The summed E-state index contributed by atoms with van der Waals surface area (Å²) >= 11 is 0. The minimum absolute atomic E-state index is 0.0282. The van der Waals surface area contributed by atoms with E-state index in [0.29, 0.717) is 24.4 Å². The number of fused-ring (bicyclic) bond motifs is 2. The number of halogens is 3.